The van der Waals surface area contributed by atoms with E-state index >= 15 is 0 Å². The number of aliphatic imine (C=N–C) groups is 1. The van der Waals surface area contributed by atoms with Crippen molar-refractivity contribution in [1.29, 1.82) is 0 Å². The molecule has 2 aromatic heterocycles. The number of nitrogens with one attached hydrogen (secondary N) is 2. The molecule has 7 nitrogen and oxygen atoms in total. The number of hydrogen-bond acceptors (Lipinski definition) is 5. The van der Waals surface area contributed by atoms with Crippen molar-refractivity contribution in [2.75, 3.05) is 33.7 Å². The van der Waals surface area contributed by atoms with Gasteiger partial charge in [-0.15, -0.1) is 11.3 Å². The molecule has 2 N–H and O–H groups in total. The third-order valence-electron chi connectivity index (χ3n) is 3.60. The predicted octanol–water partition coefficient (Wildman–Crippen LogP) is 1.82. The van der Waals surface area contributed by atoms with Crippen molar-refractivity contribution in [3.63, 3.8) is 0 Å². The van der Waals surface area contributed by atoms with Gasteiger partial charge in [0.1, 0.15) is 9.36 Å². The standard InChI is InChI=1S/C16H22ClN5O2S2/c1-18-16(19-8-7-13-5-6-14(17)21-12-13)20-9-10-22(2)26(23,24)15-4-3-11-25-15/h3-6,11-12H,7-10H2,1-2H3,(H2,18,19,20). The van der Waals surface area contributed by atoms with Crippen molar-refractivity contribution in [1.82, 2.24) is 19.9 Å². The number of halogens is 1. The first-order valence-electron chi connectivity index (χ1n) is 7.98. The maximum absolute atomic E-state index is 12.3. The van der Waals surface area contributed by atoms with Gasteiger partial charge in [0, 0.05) is 39.9 Å². The van der Waals surface area contributed by atoms with Gasteiger partial charge in [0.2, 0.25) is 0 Å². The zero-order chi connectivity index (χ0) is 19.0. The Kier molecular flexibility index (Phi) is 7.83. The summed E-state index contributed by atoms with van der Waals surface area (Å²) < 4.78 is 26.4. The Labute approximate surface area is 163 Å². The SMILES string of the molecule is CN=C(NCCc1ccc(Cl)nc1)NCCN(C)S(=O)(=O)c1cccs1. The topological polar surface area (TPSA) is 86.7 Å². The second-order valence-corrected chi connectivity index (χ2v) is 9.03. The molecule has 0 aliphatic heterocycles. The van der Waals surface area contributed by atoms with Gasteiger partial charge in [-0.1, -0.05) is 23.7 Å². The van der Waals surface area contributed by atoms with Crippen molar-refractivity contribution in [2.45, 2.75) is 10.6 Å². The maximum Gasteiger partial charge on any atom is 0.252 e. The smallest absolute Gasteiger partial charge is 0.252 e. The Morgan fingerprint density at radius 1 is 1.31 bits per heavy atom. The van der Waals surface area contributed by atoms with Gasteiger partial charge in [-0.05, 0) is 29.5 Å². The highest BCUT2D eigenvalue weighted by Crippen LogP contribution is 2.19. The van der Waals surface area contributed by atoms with Gasteiger partial charge in [0.15, 0.2) is 5.96 Å². The Hall–Kier alpha value is -1.68. The lowest BCUT2D eigenvalue weighted by molar-refractivity contribution is 0.471. The van der Waals surface area contributed by atoms with Crippen LogP contribution in [0, 0.1) is 0 Å². The Balaban J connectivity index is 1.74. The lowest BCUT2D eigenvalue weighted by Crippen LogP contribution is -2.42. The fraction of sp³-hybridized carbons (Fsp3) is 0.375. The summed E-state index contributed by atoms with van der Waals surface area (Å²) in [7, 11) is -0.181. The van der Waals surface area contributed by atoms with Crippen LogP contribution in [0.4, 0.5) is 0 Å². The number of nitrogens with zero attached hydrogens (tertiary/aromatic N) is 3. The molecular formula is C16H22ClN5O2S2. The zero-order valence-electron chi connectivity index (χ0n) is 14.6. The van der Waals surface area contributed by atoms with Crippen LogP contribution in [0.5, 0.6) is 0 Å². The molecule has 0 aliphatic rings. The van der Waals surface area contributed by atoms with Crippen LogP contribution >= 0.6 is 22.9 Å². The molecule has 2 heterocycles. The molecule has 0 bridgehead atoms. The number of pyridine rings is 1. The number of guanidine groups is 1. The average molecular weight is 416 g/mol. The van der Waals surface area contributed by atoms with Crippen molar-refractivity contribution in [2.24, 2.45) is 4.99 Å². The predicted molar refractivity (Wildman–Crippen MR) is 106 cm³/mol. The zero-order valence-corrected chi connectivity index (χ0v) is 17.0. The molecule has 0 unspecified atom stereocenters. The third-order valence-corrected chi connectivity index (χ3v) is 7.05. The molecule has 0 saturated carbocycles. The van der Waals surface area contributed by atoms with E-state index in [1.165, 1.54) is 15.6 Å². The van der Waals surface area contributed by atoms with E-state index in [4.69, 9.17) is 11.6 Å². The quantitative estimate of drug-likeness (QED) is 0.390. The minimum absolute atomic E-state index is 0.335. The molecule has 142 valence electrons. The molecule has 26 heavy (non-hydrogen) atoms. The van der Waals surface area contributed by atoms with Crippen molar-refractivity contribution in [3.05, 3.63) is 46.6 Å². The number of hydrogen-bond donors (Lipinski definition) is 2. The van der Waals surface area contributed by atoms with Crippen molar-refractivity contribution >= 4 is 38.9 Å². The number of thiophene rings is 1. The van der Waals surface area contributed by atoms with Crippen LogP contribution in [0.1, 0.15) is 5.56 Å². The van der Waals surface area contributed by atoms with Gasteiger partial charge in [-0.3, -0.25) is 4.99 Å². The fourth-order valence-corrected chi connectivity index (χ4v) is 4.60. The Bertz CT molecular complexity index is 808. The monoisotopic (exact) mass is 415 g/mol. The van der Waals surface area contributed by atoms with Crippen LogP contribution in [0.3, 0.4) is 0 Å². The van der Waals surface area contributed by atoms with Gasteiger partial charge in [-0.2, -0.15) is 4.31 Å². The number of aromatic nitrogens is 1. The number of rotatable bonds is 8. The van der Waals surface area contributed by atoms with E-state index in [1.807, 2.05) is 6.07 Å². The lowest BCUT2D eigenvalue weighted by atomic mass is 10.2. The van der Waals surface area contributed by atoms with Crippen molar-refractivity contribution in [3.8, 4) is 0 Å². The van der Waals surface area contributed by atoms with E-state index < -0.39 is 10.0 Å². The summed E-state index contributed by atoms with van der Waals surface area (Å²) in [6, 6.07) is 7.02. The summed E-state index contributed by atoms with van der Waals surface area (Å²) in [6.07, 6.45) is 2.52. The second-order valence-electron chi connectivity index (χ2n) is 5.42. The van der Waals surface area contributed by atoms with E-state index in [0.717, 1.165) is 12.0 Å². The maximum atomic E-state index is 12.3. The number of likely N-dealkylation sites (N-methyl/N-ethyl adjacent to an activating group) is 1. The van der Waals surface area contributed by atoms with E-state index in [1.54, 1.807) is 43.9 Å². The normalized spacial score (nSPS) is 12.4. The molecular weight excluding hydrogens is 394 g/mol. The second kappa shape index (κ2) is 9.86. The molecule has 0 aliphatic carbocycles. The number of sulfonamides is 1. The lowest BCUT2D eigenvalue weighted by Gasteiger charge is -2.17. The molecule has 2 rings (SSSR count). The Morgan fingerprint density at radius 3 is 2.69 bits per heavy atom. The average Bonchev–Trinajstić information content (AvgIpc) is 3.17. The minimum atomic E-state index is -3.42. The third kappa shape index (κ3) is 5.94. The summed E-state index contributed by atoms with van der Waals surface area (Å²) in [5.41, 5.74) is 1.07. The van der Waals surface area contributed by atoms with Crippen LogP contribution in [0.2, 0.25) is 5.15 Å². The first-order valence-corrected chi connectivity index (χ1v) is 10.7. The summed E-state index contributed by atoms with van der Waals surface area (Å²) in [6.45, 7) is 1.46. The highest BCUT2D eigenvalue weighted by Gasteiger charge is 2.21. The first-order chi connectivity index (χ1) is 12.4. The van der Waals surface area contributed by atoms with Gasteiger partial charge in [0.25, 0.3) is 10.0 Å². The molecule has 10 heteroatoms. The van der Waals surface area contributed by atoms with E-state index in [-0.39, 0.29) is 0 Å². The van der Waals surface area contributed by atoms with Crippen LogP contribution in [0.25, 0.3) is 0 Å². The highest BCUT2D eigenvalue weighted by molar-refractivity contribution is 7.91. The molecule has 0 atom stereocenters. The molecule has 0 saturated heterocycles. The molecule has 0 fully saturated rings. The van der Waals surface area contributed by atoms with Gasteiger partial charge < -0.3 is 10.6 Å². The molecule has 0 aromatic carbocycles. The summed E-state index contributed by atoms with van der Waals surface area (Å²) in [5.74, 6) is 0.619. The first kappa shape index (κ1) is 20.6. The minimum Gasteiger partial charge on any atom is -0.356 e. The van der Waals surface area contributed by atoms with Crippen LogP contribution in [-0.4, -0.2) is 57.4 Å². The van der Waals surface area contributed by atoms with Crippen molar-refractivity contribution < 1.29 is 8.42 Å². The van der Waals surface area contributed by atoms with Crippen LogP contribution in [-0.2, 0) is 16.4 Å². The largest absolute Gasteiger partial charge is 0.356 e. The summed E-state index contributed by atoms with van der Waals surface area (Å²) in [4.78, 5) is 8.17. The van der Waals surface area contributed by atoms with Gasteiger partial charge >= 0.3 is 0 Å². The van der Waals surface area contributed by atoms with Gasteiger partial charge in [-0.25, -0.2) is 13.4 Å². The highest BCUT2D eigenvalue weighted by atomic mass is 35.5. The Morgan fingerprint density at radius 2 is 2.08 bits per heavy atom. The van der Waals surface area contributed by atoms with Crippen LogP contribution in [0.15, 0.2) is 45.0 Å². The molecule has 2 aromatic rings. The molecule has 0 amide bonds. The van der Waals surface area contributed by atoms with E-state index in [0.29, 0.717) is 35.0 Å². The summed E-state index contributed by atoms with van der Waals surface area (Å²) in [5, 5.41) is 8.52. The van der Waals surface area contributed by atoms with E-state index in [9.17, 15) is 8.42 Å². The van der Waals surface area contributed by atoms with Crippen LogP contribution < -0.4 is 10.6 Å². The summed E-state index contributed by atoms with van der Waals surface area (Å²) >= 11 is 6.98. The molecule has 0 spiro atoms. The molecule has 0 radical (unpaired) electrons. The van der Waals surface area contributed by atoms with E-state index in [2.05, 4.69) is 20.6 Å². The van der Waals surface area contributed by atoms with Gasteiger partial charge in [0.05, 0.1) is 0 Å². The fourth-order valence-electron chi connectivity index (χ4n) is 2.12.